The summed E-state index contributed by atoms with van der Waals surface area (Å²) in [6.45, 7) is 5.72. The Labute approximate surface area is 171 Å². The van der Waals surface area contributed by atoms with E-state index >= 15 is 0 Å². The van der Waals surface area contributed by atoms with Gasteiger partial charge in [-0.3, -0.25) is 0 Å². The fourth-order valence-corrected chi connectivity index (χ4v) is 4.51. The molecule has 4 aromatic heterocycles. The Balaban J connectivity index is 1.31. The topological polar surface area (TPSA) is 97.5 Å². The quantitative estimate of drug-likeness (QED) is 0.551. The van der Waals surface area contributed by atoms with Crippen molar-refractivity contribution in [3.05, 3.63) is 35.5 Å². The van der Waals surface area contributed by atoms with Gasteiger partial charge in [0.15, 0.2) is 5.65 Å². The van der Waals surface area contributed by atoms with Crippen molar-refractivity contribution in [1.82, 2.24) is 34.5 Å². The molecule has 1 atom stereocenters. The molecule has 0 aromatic carbocycles. The van der Waals surface area contributed by atoms with Crippen LogP contribution < -0.4 is 10.2 Å². The molecule has 1 N–H and O–H groups in total. The van der Waals surface area contributed by atoms with E-state index < -0.39 is 0 Å². The largest absolute Gasteiger partial charge is 0.350 e. The molecule has 10 heteroatoms. The van der Waals surface area contributed by atoms with Gasteiger partial charge in [-0.2, -0.15) is 4.98 Å². The standard InChI is InChI=1S/C19H21N9S/c1-11-16(29-12(2)23-11)14-4-6-20-19(25-14)28-7-5-13(9-28)24-18-21-8-15-17(26-18)22-10-27(15)3/h4,6,8,10,13H,5,7,9H2,1-3H3,(H,21,24,26). The molecule has 148 valence electrons. The third-order valence-corrected chi connectivity index (χ3v) is 6.16. The molecule has 1 unspecified atom stereocenters. The van der Waals surface area contributed by atoms with Crippen molar-refractivity contribution in [2.75, 3.05) is 23.3 Å². The van der Waals surface area contributed by atoms with Gasteiger partial charge in [0.2, 0.25) is 11.9 Å². The molecule has 1 saturated heterocycles. The third kappa shape index (κ3) is 3.39. The highest BCUT2D eigenvalue weighted by molar-refractivity contribution is 7.15. The molecule has 0 spiro atoms. The molecule has 5 rings (SSSR count). The molecule has 9 nitrogen and oxygen atoms in total. The summed E-state index contributed by atoms with van der Waals surface area (Å²) in [6.07, 6.45) is 6.34. The maximum Gasteiger partial charge on any atom is 0.225 e. The van der Waals surface area contributed by atoms with Gasteiger partial charge in [-0.15, -0.1) is 11.3 Å². The van der Waals surface area contributed by atoms with E-state index in [4.69, 9.17) is 4.98 Å². The Bertz CT molecular complexity index is 1180. The van der Waals surface area contributed by atoms with Gasteiger partial charge in [0.1, 0.15) is 5.52 Å². The fraction of sp³-hybridized carbons (Fsp3) is 0.368. The Morgan fingerprint density at radius 3 is 2.86 bits per heavy atom. The molecule has 1 aliphatic rings. The van der Waals surface area contributed by atoms with Crippen LogP contribution in [0.5, 0.6) is 0 Å². The van der Waals surface area contributed by atoms with Gasteiger partial charge in [0.25, 0.3) is 0 Å². The second-order valence-electron chi connectivity index (χ2n) is 7.22. The van der Waals surface area contributed by atoms with E-state index in [1.807, 2.05) is 37.7 Å². The molecule has 0 bridgehead atoms. The van der Waals surface area contributed by atoms with Crippen molar-refractivity contribution in [1.29, 1.82) is 0 Å². The van der Waals surface area contributed by atoms with Gasteiger partial charge < -0.3 is 14.8 Å². The molecule has 4 aromatic rings. The summed E-state index contributed by atoms with van der Waals surface area (Å²) in [5.41, 5.74) is 3.56. The summed E-state index contributed by atoms with van der Waals surface area (Å²) in [5.74, 6) is 1.35. The number of imidazole rings is 1. The highest BCUT2D eigenvalue weighted by Gasteiger charge is 2.25. The molecule has 0 saturated carbocycles. The number of anilines is 2. The van der Waals surface area contributed by atoms with E-state index in [1.54, 1.807) is 23.9 Å². The predicted molar refractivity (Wildman–Crippen MR) is 113 cm³/mol. The summed E-state index contributed by atoms with van der Waals surface area (Å²) in [6, 6.07) is 2.18. The van der Waals surface area contributed by atoms with Crippen LogP contribution in [-0.2, 0) is 7.05 Å². The summed E-state index contributed by atoms with van der Waals surface area (Å²) in [5, 5.41) is 4.47. The number of hydrogen-bond donors (Lipinski definition) is 1. The van der Waals surface area contributed by atoms with Gasteiger partial charge in [0.05, 0.1) is 33.8 Å². The third-order valence-electron chi connectivity index (χ3n) is 5.07. The molecule has 0 radical (unpaired) electrons. The Hall–Kier alpha value is -3.14. The van der Waals surface area contributed by atoms with Crippen LogP contribution >= 0.6 is 11.3 Å². The zero-order chi connectivity index (χ0) is 20.0. The zero-order valence-corrected chi connectivity index (χ0v) is 17.3. The van der Waals surface area contributed by atoms with Crippen LogP contribution in [0.4, 0.5) is 11.9 Å². The van der Waals surface area contributed by atoms with Crippen LogP contribution in [0.15, 0.2) is 24.8 Å². The molecule has 1 fully saturated rings. The molecular formula is C19H21N9S. The summed E-state index contributed by atoms with van der Waals surface area (Å²) >= 11 is 1.67. The van der Waals surface area contributed by atoms with Gasteiger partial charge >= 0.3 is 0 Å². The zero-order valence-electron chi connectivity index (χ0n) is 16.5. The Morgan fingerprint density at radius 1 is 1.14 bits per heavy atom. The molecule has 29 heavy (non-hydrogen) atoms. The van der Waals surface area contributed by atoms with E-state index in [9.17, 15) is 0 Å². The van der Waals surface area contributed by atoms with Crippen molar-refractivity contribution in [2.24, 2.45) is 7.05 Å². The van der Waals surface area contributed by atoms with Crippen LogP contribution in [0.1, 0.15) is 17.1 Å². The minimum atomic E-state index is 0.232. The lowest BCUT2D eigenvalue weighted by Crippen LogP contribution is -2.27. The number of nitrogens with one attached hydrogen (secondary N) is 1. The normalized spacial score (nSPS) is 16.7. The highest BCUT2D eigenvalue weighted by atomic mass is 32.1. The van der Waals surface area contributed by atoms with Crippen molar-refractivity contribution < 1.29 is 0 Å². The number of aryl methyl sites for hydroxylation is 3. The fourth-order valence-electron chi connectivity index (χ4n) is 3.62. The number of fused-ring (bicyclic) bond motifs is 1. The molecule has 5 heterocycles. The maximum atomic E-state index is 4.80. The van der Waals surface area contributed by atoms with Crippen molar-refractivity contribution >= 4 is 34.4 Å². The first-order valence-corrected chi connectivity index (χ1v) is 10.3. The number of thiazole rings is 1. The lowest BCUT2D eigenvalue weighted by molar-refractivity contribution is 0.791. The maximum absolute atomic E-state index is 4.80. The van der Waals surface area contributed by atoms with E-state index in [0.717, 1.165) is 52.2 Å². The number of rotatable bonds is 4. The van der Waals surface area contributed by atoms with E-state index in [0.29, 0.717) is 11.6 Å². The van der Waals surface area contributed by atoms with E-state index in [1.165, 1.54) is 0 Å². The van der Waals surface area contributed by atoms with Crippen molar-refractivity contribution in [2.45, 2.75) is 26.3 Å². The minimum Gasteiger partial charge on any atom is -0.350 e. The van der Waals surface area contributed by atoms with Crippen LogP contribution in [0, 0.1) is 13.8 Å². The average Bonchev–Trinajstić information content (AvgIpc) is 3.41. The number of hydrogen-bond acceptors (Lipinski definition) is 9. The minimum absolute atomic E-state index is 0.232. The molecule has 0 aliphatic carbocycles. The second-order valence-corrected chi connectivity index (χ2v) is 8.43. The van der Waals surface area contributed by atoms with Gasteiger partial charge in [-0.25, -0.2) is 24.9 Å². The van der Waals surface area contributed by atoms with E-state index in [-0.39, 0.29) is 6.04 Å². The Morgan fingerprint density at radius 2 is 2.03 bits per heavy atom. The summed E-state index contributed by atoms with van der Waals surface area (Å²) in [7, 11) is 1.93. The molecule has 0 amide bonds. The molecular weight excluding hydrogens is 386 g/mol. The first-order chi connectivity index (χ1) is 14.1. The first-order valence-electron chi connectivity index (χ1n) is 9.50. The van der Waals surface area contributed by atoms with Crippen molar-refractivity contribution in [3.63, 3.8) is 0 Å². The predicted octanol–water partition coefficient (Wildman–Crippen LogP) is 2.58. The highest BCUT2D eigenvalue weighted by Crippen LogP contribution is 2.29. The smallest absolute Gasteiger partial charge is 0.225 e. The van der Waals surface area contributed by atoms with Gasteiger partial charge in [0, 0.05) is 32.4 Å². The van der Waals surface area contributed by atoms with Crippen LogP contribution in [0.2, 0.25) is 0 Å². The second kappa shape index (κ2) is 7.03. The molecule has 1 aliphatic heterocycles. The lowest BCUT2D eigenvalue weighted by atomic mass is 10.3. The van der Waals surface area contributed by atoms with Crippen LogP contribution in [0.3, 0.4) is 0 Å². The van der Waals surface area contributed by atoms with Crippen LogP contribution in [-0.4, -0.2) is 53.6 Å². The van der Waals surface area contributed by atoms with Gasteiger partial charge in [-0.05, 0) is 26.3 Å². The lowest BCUT2D eigenvalue weighted by Gasteiger charge is -2.17. The van der Waals surface area contributed by atoms with E-state index in [2.05, 4.69) is 35.1 Å². The van der Waals surface area contributed by atoms with Crippen LogP contribution in [0.25, 0.3) is 21.7 Å². The Kier molecular flexibility index (Phi) is 4.35. The number of aromatic nitrogens is 7. The van der Waals surface area contributed by atoms with Crippen molar-refractivity contribution in [3.8, 4) is 10.6 Å². The average molecular weight is 408 g/mol. The first kappa shape index (κ1) is 17.9. The summed E-state index contributed by atoms with van der Waals surface area (Å²) < 4.78 is 1.91. The summed E-state index contributed by atoms with van der Waals surface area (Å²) in [4.78, 5) is 30.4. The SMILES string of the molecule is Cc1nc(C)c(-c2ccnc(N3CCC(Nc4ncc5c(ncn5C)n4)C3)n2)s1. The number of nitrogens with zero attached hydrogens (tertiary/aromatic N) is 8. The monoisotopic (exact) mass is 407 g/mol. The van der Waals surface area contributed by atoms with Gasteiger partial charge in [-0.1, -0.05) is 0 Å².